The molecule has 0 bridgehead atoms. The first-order chi connectivity index (χ1) is 13.0. The monoisotopic (exact) mass is 405 g/mol. The van der Waals surface area contributed by atoms with Gasteiger partial charge in [-0.25, -0.2) is 4.79 Å². The van der Waals surface area contributed by atoms with E-state index in [-0.39, 0.29) is 23.6 Å². The van der Waals surface area contributed by atoms with E-state index in [9.17, 15) is 14.4 Å². The molecule has 2 aromatic heterocycles. The molecule has 140 valence electrons. The van der Waals surface area contributed by atoms with Gasteiger partial charge in [-0.05, 0) is 31.5 Å². The van der Waals surface area contributed by atoms with E-state index >= 15 is 0 Å². The first-order valence-electron chi connectivity index (χ1n) is 8.10. The molecule has 1 amide bonds. The number of ether oxygens (including phenoxy) is 1. The SMILES string of the molecule is CCOC(=O)c1nn(-c2cccc(C)c2)c(=O)c2c(NC(=O)CCl)scc12. The third-order valence-electron chi connectivity index (χ3n) is 3.74. The van der Waals surface area contributed by atoms with Gasteiger partial charge < -0.3 is 10.1 Å². The van der Waals surface area contributed by atoms with Crippen LogP contribution in [-0.4, -0.2) is 34.1 Å². The Morgan fingerprint density at radius 1 is 1.37 bits per heavy atom. The van der Waals surface area contributed by atoms with Gasteiger partial charge in [-0.3, -0.25) is 9.59 Å². The van der Waals surface area contributed by atoms with Gasteiger partial charge in [0.2, 0.25) is 5.91 Å². The normalized spacial score (nSPS) is 10.8. The van der Waals surface area contributed by atoms with Gasteiger partial charge in [0, 0.05) is 10.8 Å². The molecule has 1 N–H and O–H groups in total. The fourth-order valence-corrected chi connectivity index (χ4v) is 3.61. The molecule has 2 heterocycles. The number of hydrogen-bond acceptors (Lipinski definition) is 6. The molecule has 3 rings (SSSR count). The summed E-state index contributed by atoms with van der Waals surface area (Å²) >= 11 is 6.68. The number of nitrogens with one attached hydrogen (secondary N) is 1. The minimum Gasteiger partial charge on any atom is -0.461 e. The van der Waals surface area contributed by atoms with Crippen molar-refractivity contribution in [3.05, 3.63) is 51.3 Å². The molecule has 0 unspecified atom stereocenters. The van der Waals surface area contributed by atoms with Crippen LogP contribution in [0.3, 0.4) is 0 Å². The number of esters is 1. The van der Waals surface area contributed by atoms with Crippen LogP contribution in [0.1, 0.15) is 23.0 Å². The Hall–Kier alpha value is -2.71. The Morgan fingerprint density at radius 3 is 2.81 bits per heavy atom. The van der Waals surface area contributed by atoms with Crippen molar-refractivity contribution in [3.63, 3.8) is 0 Å². The fourth-order valence-electron chi connectivity index (χ4n) is 2.59. The molecule has 0 fully saturated rings. The summed E-state index contributed by atoms with van der Waals surface area (Å²) in [6, 6.07) is 7.16. The molecule has 1 aromatic carbocycles. The van der Waals surface area contributed by atoms with Gasteiger partial charge in [0.25, 0.3) is 5.56 Å². The van der Waals surface area contributed by atoms with Crippen LogP contribution in [0.2, 0.25) is 0 Å². The molecule has 0 aliphatic rings. The zero-order chi connectivity index (χ0) is 19.6. The Balaban J connectivity index is 2.31. The molecule has 0 saturated carbocycles. The standard InChI is InChI=1S/C18H16ClN3O4S/c1-3-26-18(25)15-12-9-27-16(20-13(23)8-19)14(12)17(24)22(21-15)11-6-4-5-10(2)7-11/h4-7,9H,3,8H2,1-2H3,(H,20,23). The number of thiophene rings is 1. The van der Waals surface area contributed by atoms with Crippen molar-refractivity contribution in [2.75, 3.05) is 17.8 Å². The zero-order valence-electron chi connectivity index (χ0n) is 14.6. The largest absolute Gasteiger partial charge is 0.461 e. The second-order valence-electron chi connectivity index (χ2n) is 5.66. The summed E-state index contributed by atoms with van der Waals surface area (Å²) in [5.41, 5.74) is 0.999. The molecular weight excluding hydrogens is 390 g/mol. The summed E-state index contributed by atoms with van der Waals surface area (Å²) in [5.74, 6) is -1.34. The first-order valence-corrected chi connectivity index (χ1v) is 9.52. The van der Waals surface area contributed by atoms with E-state index in [0.29, 0.717) is 16.1 Å². The number of nitrogens with zero attached hydrogens (tertiary/aromatic N) is 2. The quantitative estimate of drug-likeness (QED) is 0.520. The van der Waals surface area contributed by atoms with Crippen molar-refractivity contribution >= 4 is 50.6 Å². The van der Waals surface area contributed by atoms with Crippen LogP contribution >= 0.6 is 22.9 Å². The number of anilines is 1. The topological polar surface area (TPSA) is 90.3 Å². The third kappa shape index (κ3) is 3.72. The number of alkyl halides is 1. The second kappa shape index (κ2) is 7.89. The first kappa shape index (κ1) is 19.1. The van der Waals surface area contributed by atoms with E-state index in [0.717, 1.165) is 21.6 Å². The molecule has 27 heavy (non-hydrogen) atoms. The summed E-state index contributed by atoms with van der Waals surface area (Å²) in [6.45, 7) is 3.74. The number of halogens is 1. The molecule has 0 saturated heterocycles. The van der Waals surface area contributed by atoms with Crippen molar-refractivity contribution in [1.82, 2.24) is 9.78 Å². The Labute approximate surface area is 163 Å². The summed E-state index contributed by atoms with van der Waals surface area (Å²) < 4.78 is 6.22. The van der Waals surface area contributed by atoms with E-state index in [1.54, 1.807) is 30.5 Å². The highest BCUT2D eigenvalue weighted by Gasteiger charge is 2.23. The molecule has 7 nitrogen and oxygen atoms in total. The van der Waals surface area contributed by atoms with Gasteiger partial charge in [0.1, 0.15) is 10.9 Å². The fraction of sp³-hybridized carbons (Fsp3) is 0.222. The number of fused-ring (bicyclic) bond motifs is 1. The highest BCUT2D eigenvalue weighted by Crippen LogP contribution is 2.30. The lowest BCUT2D eigenvalue weighted by Gasteiger charge is -2.10. The van der Waals surface area contributed by atoms with E-state index in [1.165, 1.54) is 0 Å². The van der Waals surface area contributed by atoms with Gasteiger partial charge in [-0.1, -0.05) is 12.1 Å². The predicted molar refractivity (Wildman–Crippen MR) is 105 cm³/mol. The maximum Gasteiger partial charge on any atom is 0.359 e. The van der Waals surface area contributed by atoms with Gasteiger partial charge in [0.15, 0.2) is 5.69 Å². The van der Waals surface area contributed by atoms with E-state index in [2.05, 4.69) is 10.4 Å². The average molecular weight is 406 g/mol. The number of aromatic nitrogens is 2. The minimum absolute atomic E-state index is 0.00979. The van der Waals surface area contributed by atoms with Crippen LogP contribution in [0.15, 0.2) is 34.4 Å². The molecule has 0 atom stereocenters. The number of aryl methyl sites for hydroxylation is 1. The molecule has 9 heteroatoms. The number of carbonyl (C=O) groups is 2. The third-order valence-corrected chi connectivity index (χ3v) is 4.88. The predicted octanol–water partition coefficient (Wildman–Crippen LogP) is 3.11. The number of amides is 1. The van der Waals surface area contributed by atoms with Crippen LogP contribution in [-0.2, 0) is 9.53 Å². The smallest absolute Gasteiger partial charge is 0.359 e. The van der Waals surface area contributed by atoms with E-state index < -0.39 is 17.4 Å². The summed E-state index contributed by atoms with van der Waals surface area (Å²) in [4.78, 5) is 37.2. The van der Waals surface area contributed by atoms with Gasteiger partial charge in [-0.2, -0.15) is 9.78 Å². The second-order valence-corrected chi connectivity index (χ2v) is 6.81. The number of rotatable bonds is 5. The lowest BCUT2D eigenvalue weighted by Crippen LogP contribution is -2.25. The lowest BCUT2D eigenvalue weighted by molar-refractivity contribution is -0.113. The number of hydrogen-bond donors (Lipinski definition) is 1. The van der Waals surface area contributed by atoms with Crippen molar-refractivity contribution in [3.8, 4) is 5.69 Å². The maximum atomic E-state index is 13.1. The van der Waals surface area contributed by atoms with E-state index in [4.69, 9.17) is 16.3 Å². The van der Waals surface area contributed by atoms with Crippen LogP contribution < -0.4 is 10.9 Å². The maximum absolute atomic E-state index is 13.1. The molecule has 0 spiro atoms. The zero-order valence-corrected chi connectivity index (χ0v) is 16.2. The average Bonchev–Trinajstić information content (AvgIpc) is 3.06. The Bertz CT molecular complexity index is 1090. The van der Waals surface area contributed by atoms with Crippen LogP contribution in [0.25, 0.3) is 16.5 Å². The highest BCUT2D eigenvalue weighted by atomic mass is 35.5. The van der Waals surface area contributed by atoms with E-state index in [1.807, 2.05) is 13.0 Å². The van der Waals surface area contributed by atoms with Crippen molar-refractivity contribution in [2.45, 2.75) is 13.8 Å². The number of benzene rings is 1. The molecule has 3 aromatic rings. The van der Waals surface area contributed by atoms with Gasteiger partial charge in [-0.15, -0.1) is 22.9 Å². The summed E-state index contributed by atoms with van der Waals surface area (Å²) in [7, 11) is 0. The van der Waals surface area contributed by atoms with Gasteiger partial charge in [0.05, 0.1) is 17.7 Å². The van der Waals surface area contributed by atoms with Crippen LogP contribution in [0.5, 0.6) is 0 Å². The molecule has 0 radical (unpaired) electrons. The van der Waals surface area contributed by atoms with Crippen molar-refractivity contribution in [2.24, 2.45) is 0 Å². The lowest BCUT2D eigenvalue weighted by atomic mass is 10.2. The summed E-state index contributed by atoms with van der Waals surface area (Å²) in [6.07, 6.45) is 0. The van der Waals surface area contributed by atoms with Crippen molar-refractivity contribution in [1.29, 1.82) is 0 Å². The molecule has 0 aliphatic heterocycles. The Kier molecular flexibility index (Phi) is 5.57. The highest BCUT2D eigenvalue weighted by molar-refractivity contribution is 7.16. The van der Waals surface area contributed by atoms with Crippen LogP contribution in [0, 0.1) is 6.92 Å². The van der Waals surface area contributed by atoms with Gasteiger partial charge >= 0.3 is 5.97 Å². The molecule has 0 aliphatic carbocycles. The molecular formula is C18H16ClN3O4S. The minimum atomic E-state index is -0.642. The number of carbonyl (C=O) groups excluding carboxylic acids is 2. The summed E-state index contributed by atoms with van der Waals surface area (Å²) in [5, 5.41) is 9.27. The Morgan fingerprint density at radius 2 is 2.15 bits per heavy atom. The van der Waals surface area contributed by atoms with Crippen LogP contribution in [0.4, 0.5) is 5.00 Å². The van der Waals surface area contributed by atoms with Crippen molar-refractivity contribution < 1.29 is 14.3 Å².